The van der Waals surface area contributed by atoms with Crippen LogP contribution in [0.3, 0.4) is 0 Å². The highest BCUT2D eigenvalue weighted by atomic mass is 79.9. The third kappa shape index (κ3) is 3.66. The summed E-state index contributed by atoms with van der Waals surface area (Å²) >= 11 is 3.71. The number of hydrogen-bond donors (Lipinski definition) is 0. The van der Waals surface area contributed by atoms with E-state index in [1.165, 1.54) is 32.2 Å². The highest BCUT2D eigenvalue weighted by Crippen LogP contribution is 2.34. The maximum absolute atomic E-state index is 5.49. The van der Waals surface area contributed by atoms with Crippen molar-refractivity contribution in [1.82, 2.24) is 4.90 Å². The van der Waals surface area contributed by atoms with Crippen LogP contribution in [0.25, 0.3) is 0 Å². The maximum Gasteiger partial charge on any atom is 0.0480 e. The lowest BCUT2D eigenvalue weighted by Crippen LogP contribution is -2.46. The van der Waals surface area contributed by atoms with Crippen LogP contribution < -0.4 is 0 Å². The Hall–Kier alpha value is 0.360. The van der Waals surface area contributed by atoms with Gasteiger partial charge < -0.3 is 14.4 Å². The zero-order valence-electron chi connectivity index (χ0n) is 10.8. The standard InChI is InChI=1S/C13H24BrNO2/c1-15(12-2-6-16-7-3-12)11-13(10-14)4-8-17-9-5-13/h12H,2-11H2,1H3. The first-order valence-corrected chi connectivity index (χ1v) is 7.80. The predicted octanol–water partition coefficient (Wildman–Crippen LogP) is 2.29. The topological polar surface area (TPSA) is 21.7 Å². The average Bonchev–Trinajstić information content (AvgIpc) is 2.41. The number of hydrogen-bond acceptors (Lipinski definition) is 3. The van der Waals surface area contributed by atoms with E-state index in [1.54, 1.807) is 0 Å². The van der Waals surface area contributed by atoms with Crippen molar-refractivity contribution in [2.75, 3.05) is 45.4 Å². The van der Waals surface area contributed by atoms with Gasteiger partial charge in [-0.1, -0.05) is 15.9 Å². The summed E-state index contributed by atoms with van der Waals surface area (Å²) in [5, 5.41) is 1.09. The van der Waals surface area contributed by atoms with E-state index in [2.05, 4.69) is 27.9 Å². The molecule has 0 radical (unpaired) electrons. The molecule has 0 saturated carbocycles. The molecule has 0 bridgehead atoms. The van der Waals surface area contributed by atoms with Crippen LogP contribution in [-0.4, -0.2) is 56.3 Å². The van der Waals surface area contributed by atoms with Gasteiger partial charge in [0.1, 0.15) is 0 Å². The van der Waals surface area contributed by atoms with Gasteiger partial charge in [-0.05, 0) is 38.1 Å². The summed E-state index contributed by atoms with van der Waals surface area (Å²) in [4.78, 5) is 2.55. The van der Waals surface area contributed by atoms with Crippen LogP contribution in [-0.2, 0) is 9.47 Å². The Morgan fingerprint density at radius 1 is 1.12 bits per heavy atom. The molecule has 2 heterocycles. The van der Waals surface area contributed by atoms with Crippen molar-refractivity contribution in [2.45, 2.75) is 31.7 Å². The lowest BCUT2D eigenvalue weighted by molar-refractivity contribution is -0.0109. The third-order valence-electron chi connectivity index (χ3n) is 4.24. The molecule has 0 N–H and O–H groups in total. The van der Waals surface area contributed by atoms with E-state index < -0.39 is 0 Å². The number of halogens is 1. The molecule has 3 nitrogen and oxygen atoms in total. The van der Waals surface area contributed by atoms with E-state index in [4.69, 9.17) is 9.47 Å². The molecule has 0 unspecified atom stereocenters. The van der Waals surface area contributed by atoms with Gasteiger partial charge in [-0.25, -0.2) is 0 Å². The van der Waals surface area contributed by atoms with Crippen LogP contribution in [0, 0.1) is 5.41 Å². The number of alkyl halides is 1. The van der Waals surface area contributed by atoms with E-state index in [0.29, 0.717) is 11.5 Å². The van der Waals surface area contributed by atoms with Crippen LogP contribution in [0.4, 0.5) is 0 Å². The molecule has 2 saturated heterocycles. The van der Waals surface area contributed by atoms with Crippen molar-refractivity contribution < 1.29 is 9.47 Å². The monoisotopic (exact) mass is 305 g/mol. The minimum absolute atomic E-state index is 0.422. The SMILES string of the molecule is CN(CC1(CBr)CCOCC1)C1CCOCC1. The van der Waals surface area contributed by atoms with Gasteiger partial charge in [0.25, 0.3) is 0 Å². The first-order valence-electron chi connectivity index (χ1n) is 6.67. The van der Waals surface area contributed by atoms with Gasteiger partial charge >= 0.3 is 0 Å². The Balaban J connectivity index is 1.88. The second kappa shape index (κ2) is 6.50. The largest absolute Gasteiger partial charge is 0.381 e. The lowest BCUT2D eigenvalue weighted by atomic mass is 9.81. The molecule has 17 heavy (non-hydrogen) atoms. The van der Waals surface area contributed by atoms with Crippen LogP contribution >= 0.6 is 15.9 Å². The molecule has 2 rings (SSSR count). The Morgan fingerprint density at radius 2 is 1.71 bits per heavy atom. The average molecular weight is 306 g/mol. The highest BCUT2D eigenvalue weighted by Gasteiger charge is 2.34. The molecule has 100 valence electrons. The van der Waals surface area contributed by atoms with E-state index >= 15 is 0 Å². The molecule has 0 amide bonds. The van der Waals surface area contributed by atoms with Crippen molar-refractivity contribution in [3.8, 4) is 0 Å². The predicted molar refractivity (Wildman–Crippen MR) is 72.8 cm³/mol. The van der Waals surface area contributed by atoms with E-state index in [9.17, 15) is 0 Å². The molecule has 0 spiro atoms. The van der Waals surface area contributed by atoms with Crippen LogP contribution in [0.15, 0.2) is 0 Å². The number of nitrogens with zero attached hydrogens (tertiary/aromatic N) is 1. The molecule has 2 aliphatic rings. The lowest BCUT2D eigenvalue weighted by Gasteiger charge is -2.42. The Kier molecular flexibility index (Phi) is 5.27. The molecule has 4 heteroatoms. The summed E-state index contributed by atoms with van der Waals surface area (Å²) in [6.07, 6.45) is 4.74. The third-order valence-corrected chi connectivity index (χ3v) is 5.43. The first-order chi connectivity index (χ1) is 8.26. The fourth-order valence-corrected chi connectivity index (χ4v) is 3.66. The fraction of sp³-hybridized carbons (Fsp3) is 1.00. The van der Waals surface area contributed by atoms with Gasteiger partial charge in [0, 0.05) is 44.3 Å². The summed E-state index contributed by atoms with van der Waals surface area (Å²) < 4.78 is 10.9. The zero-order valence-corrected chi connectivity index (χ0v) is 12.4. The van der Waals surface area contributed by atoms with Crippen molar-refractivity contribution in [3.63, 3.8) is 0 Å². The van der Waals surface area contributed by atoms with E-state index in [0.717, 1.165) is 31.8 Å². The quantitative estimate of drug-likeness (QED) is 0.744. The summed E-state index contributed by atoms with van der Waals surface area (Å²) in [6, 6.07) is 0.711. The van der Waals surface area contributed by atoms with E-state index in [1.807, 2.05) is 0 Å². The first kappa shape index (κ1) is 13.8. The van der Waals surface area contributed by atoms with Gasteiger partial charge in [-0.15, -0.1) is 0 Å². The van der Waals surface area contributed by atoms with Crippen LogP contribution in [0.1, 0.15) is 25.7 Å². The van der Waals surface area contributed by atoms with Crippen molar-refractivity contribution in [3.05, 3.63) is 0 Å². The Bertz CT molecular complexity index is 225. The minimum Gasteiger partial charge on any atom is -0.381 e. The number of rotatable bonds is 4. The number of ether oxygens (including phenoxy) is 2. The summed E-state index contributed by atoms with van der Waals surface area (Å²) in [5.74, 6) is 0. The summed E-state index contributed by atoms with van der Waals surface area (Å²) in [5.41, 5.74) is 0.422. The van der Waals surface area contributed by atoms with Crippen LogP contribution in [0.2, 0.25) is 0 Å². The van der Waals surface area contributed by atoms with Gasteiger partial charge in [0.05, 0.1) is 0 Å². The molecular weight excluding hydrogens is 282 g/mol. The highest BCUT2D eigenvalue weighted by molar-refractivity contribution is 9.09. The zero-order chi connectivity index (χ0) is 12.1. The maximum atomic E-state index is 5.49. The van der Waals surface area contributed by atoms with Gasteiger partial charge in [0.15, 0.2) is 0 Å². The molecule has 2 aliphatic heterocycles. The molecule has 0 aliphatic carbocycles. The fourth-order valence-electron chi connectivity index (χ4n) is 2.92. The molecular formula is C13H24BrNO2. The molecule has 0 aromatic rings. The normalized spacial score (nSPS) is 26.3. The summed E-state index contributed by atoms with van der Waals surface area (Å²) in [6.45, 7) is 4.89. The van der Waals surface area contributed by atoms with Crippen molar-refractivity contribution >= 4 is 15.9 Å². The smallest absolute Gasteiger partial charge is 0.0480 e. The van der Waals surface area contributed by atoms with Crippen LogP contribution in [0.5, 0.6) is 0 Å². The van der Waals surface area contributed by atoms with Crippen molar-refractivity contribution in [1.29, 1.82) is 0 Å². The minimum atomic E-state index is 0.422. The van der Waals surface area contributed by atoms with E-state index in [-0.39, 0.29) is 0 Å². The van der Waals surface area contributed by atoms with Gasteiger partial charge in [0.2, 0.25) is 0 Å². The molecule has 0 aromatic carbocycles. The molecule has 2 fully saturated rings. The molecule has 0 aromatic heterocycles. The second-order valence-electron chi connectivity index (χ2n) is 5.50. The molecule has 0 atom stereocenters. The van der Waals surface area contributed by atoms with Crippen molar-refractivity contribution in [2.24, 2.45) is 5.41 Å². The Labute approximate surface area is 113 Å². The Morgan fingerprint density at radius 3 is 2.29 bits per heavy atom. The van der Waals surface area contributed by atoms with Gasteiger partial charge in [-0.3, -0.25) is 0 Å². The summed E-state index contributed by atoms with van der Waals surface area (Å²) in [7, 11) is 2.27. The second-order valence-corrected chi connectivity index (χ2v) is 6.07. The van der Waals surface area contributed by atoms with Gasteiger partial charge in [-0.2, -0.15) is 0 Å².